The molecule has 0 aromatic heterocycles. The van der Waals surface area contributed by atoms with Crippen molar-refractivity contribution >= 4 is 22.1 Å². The van der Waals surface area contributed by atoms with Gasteiger partial charge in [-0.25, -0.2) is 13.8 Å². The van der Waals surface area contributed by atoms with Crippen LogP contribution in [0.5, 0.6) is 5.75 Å². The van der Waals surface area contributed by atoms with Crippen LogP contribution < -0.4 is 10.2 Å². The molecule has 0 aliphatic carbocycles. The summed E-state index contributed by atoms with van der Waals surface area (Å²) in [6, 6.07) is 21.2. The van der Waals surface area contributed by atoms with Gasteiger partial charge >= 0.3 is 0 Å². The molecule has 0 saturated heterocycles. The Bertz CT molecular complexity index is 1280. The molecule has 1 amide bonds. The van der Waals surface area contributed by atoms with E-state index in [4.69, 9.17) is 4.74 Å². The van der Waals surface area contributed by atoms with Crippen molar-refractivity contribution in [3.63, 3.8) is 0 Å². The molecule has 0 atom stereocenters. The van der Waals surface area contributed by atoms with E-state index >= 15 is 0 Å². The fourth-order valence-electron chi connectivity index (χ4n) is 3.28. The van der Waals surface area contributed by atoms with Crippen molar-refractivity contribution in [3.05, 3.63) is 108 Å². The maximum absolute atomic E-state index is 13.4. The van der Waals surface area contributed by atoms with E-state index in [9.17, 15) is 13.2 Å². The molecular formula is C27H29N3O4S. The Kier molecular flexibility index (Phi) is 8.94. The predicted molar refractivity (Wildman–Crippen MR) is 138 cm³/mol. The fraction of sp³-hybridized carbons (Fsp3) is 0.185. The van der Waals surface area contributed by atoms with Gasteiger partial charge in [-0.2, -0.15) is 9.41 Å². The van der Waals surface area contributed by atoms with Crippen molar-refractivity contribution in [2.75, 3.05) is 13.2 Å². The van der Waals surface area contributed by atoms with E-state index in [0.29, 0.717) is 12.4 Å². The molecule has 0 heterocycles. The lowest BCUT2D eigenvalue weighted by molar-refractivity contribution is -0.121. The van der Waals surface area contributed by atoms with Gasteiger partial charge in [0.1, 0.15) is 12.4 Å². The summed E-state index contributed by atoms with van der Waals surface area (Å²) in [5.74, 6) is 0.148. The van der Waals surface area contributed by atoms with Crippen molar-refractivity contribution in [2.45, 2.75) is 25.3 Å². The first-order valence-electron chi connectivity index (χ1n) is 11.1. The molecule has 1 N–H and O–H groups in total. The van der Waals surface area contributed by atoms with Gasteiger partial charge in [0.15, 0.2) is 0 Å². The summed E-state index contributed by atoms with van der Waals surface area (Å²) in [6.45, 7) is 7.51. The van der Waals surface area contributed by atoms with E-state index < -0.39 is 15.9 Å². The number of sulfonamides is 1. The van der Waals surface area contributed by atoms with Crippen LogP contribution in [0.1, 0.15) is 22.3 Å². The van der Waals surface area contributed by atoms with Gasteiger partial charge in [-0.3, -0.25) is 4.79 Å². The van der Waals surface area contributed by atoms with Crippen LogP contribution in [-0.2, 0) is 21.4 Å². The summed E-state index contributed by atoms with van der Waals surface area (Å²) in [7, 11) is -3.91. The number of carbonyl (C=O) groups is 1. The Labute approximate surface area is 206 Å². The van der Waals surface area contributed by atoms with Gasteiger partial charge in [0.2, 0.25) is 10.0 Å². The van der Waals surface area contributed by atoms with E-state index in [1.165, 1.54) is 6.21 Å². The van der Waals surface area contributed by atoms with Crippen LogP contribution in [0.15, 0.2) is 95.4 Å². The van der Waals surface area contributed by atoms with Crippen LogP contribution in [0.4, 0.5) is 0 Å². The van der Waals surface area contributed by atoms with Crippen LogP contribution in [0, 0.1) is 13.8 Å². The number of amides is 1. The molecule has 0 spiro atoms. The molecule has 3 aromatic carbocycles. The van der Waals surface area contributed by atoms with Crippen LogP contribution in [0.25, 0.3) is 0 Å². The van der Waals surface area contributed by atoms with Gasteiger partial charge in [0, 0.05) is 6.54 Å². The Hall–Kier alpha value is -3.75. The molecule has 7 nitrogen and oxygen atoms in total. The summed E-state index contributed by atoms with van der Waals surface area (Å²) in [5.41, 5.74) is 5.91. The summed E-state index contributed by atoms with van der Waals surface area (Å²) >= 11 is 0. The van der Waals surface area contributed by atoms with Gasteiger partial charge < -0.3 is 4.74 Å². The highest BCUT2D eigenvalue weighted by molar-refractivity contribution is 7.89. The lowest BCUT2D eigenvalue weighted by atomic mass is 10.1. The summed E-state index contributed by atoms with van der Waals surface area (Å²) in [5, 5.41) is 3.97. The number of nitrogens with one attached hydrogen (secondary N) is 1. The number of rotatable bonds is 11. The van der Waals surface area contributed by atoms with Gasteiger partial charge in [0.25, 0.3) is 5.91 Å². The molecule has 0 bridgehead atoms. The zero-order chi connectivity index (χ0) is 25.3. The summed E-state index contributed by atoms with van der Waals surface area (Å²) in [6.07, 6.45) is 3.14. The molecule has 8 heteroatoms. The standard InChI is InChI=1S/C27H29N3O4S/c1-4-16-34-25-12-10-23(11-13-25)18-28-29-27(31)20-30(19-24-7-5-6-22(3)17-24)35(32,33)26-14-8-21(2)9-15-26/h4-15,17-18H,1,16,19-20H2,2-3H3,(H,29,31)/b28-18-. The van der Waals surface area contributed by atoms with Crippen LogP contribution >= 0.6 is 0 Å². The average molecular weight is 492 g/mol. The number of hydrogen-bond acceptors (Lipinski definition) is 5. The van der Waals surface area contributed by atoms with Gasteiger partial charge in [-0.05, 0) is 61.4 Å². The molecule has 0 aliphatic heterocycles. The van der Waals surface area contributed by atoms with Crippen molar-refractivity contribution in [1.29, 1.82) is 0 Å². The molecule has 182 valence electrons. The Morgan fingerprint density at radius 3 is 2.40 bits per heavy atom. The highest BCUT2D eigenvalue weighted by Gasteiger charge is 2.27. The normalized spacial score (nSPS) is 11.5. The van der Waals surface area contributed by atoms with Crippen LogP contribution in [-0.4, -0.2) is 38.0 Å². The monoisotopic (exact) mass is 491 g/mol. The minimum atomic E-state index is -3.91. The number of aryl methyl sites for hydroxylation is 2. The number of benzene rings is 3. The first kappa shape index (κ1) is 25.9. The smallest absolute Gasteiger partial charge is 0.255 e. The molecule has 0 aliphatic rings. The van der Waals surface area contributed by atoms with Crippen LogP contribution in [0.2, 0.25) is 0 Å². The minimum Gasteiger partial charge on any atom is -0.490 e. The average Bonchev–Trinajstić information content (AvgIpc) is 2.83. The third-order valence-corrected chi connectivity index (χ3v) is 6.88. The van der Waals surface area contributed by atoms with E-state index in [-0.39, 0.29) is 18.0 Å². The fourth-order valence-corrected chi connectivity index (χ4v) is 4.66. The van der Waals surface area contributed by atoms with Gasteiger partial charge in [0.05, 0.1) is 17.7 Å². The molecule has 3 aromatic rings. The Morgan fingerprint density at radius 2 is 1.74 bits per heavy atom. The highest BCUT2D eigenvalue weighted by atomic mass is 32.2. The lowest BCUT2D eigenvalue weighted by Crippen LogP contribution is -2.39. The molecule has 0 fully saturated rings. The second-order valence-corrected chi connectivity index (χ2v) is 9.98. The number of carbonyl (C=O) groups excluding carboxylic acids is 1. The third kappa shape index (κ3) is 7.63. The zero-order valence-corrected chi connectivity index (χ0v) is 20.7. The quantitative estimate of drug-likeness (QED) is 0.247. The highest BCUT2D eigenvalue weighted by Crippen LogP contribution is 2.19. The zero-order valence-electron chi connectivity index (χ0n) is 19.8. The maximum Gasteiger partial charge on any atom is 0.255 e. The van der Waals surface area contributed by atoms with E-state index in [2.05, 4.69) is 17.1 Å². The lowest BCUT2D eigenvalue weighted by Gasteiger charge is -2.22. The van der Waals surface area contributed by atoms with E-state index in [0.717, 1.165) is 26.6 Å². The predicted octanol–water partition coefficient (Wildman–Crippen LogP) is 4.21. The molecule has 0 unspecified atom stereocenters. The summed E-state index contributed by atoms with van der Waals surface area (Å²) < 4.78 is 33.3. The molecule has 3 rings (SSSR count). The Balaban J connectivity index is 1.72. The number of hydrogen-bond donors (Lipinski definition) is 1. The number of ether oxygens (including phenoxy) is 1. The van der Waals surface area contributed by atoms with Crippen molar-refractivity contribution in [3.8, 4) is 5.75 Å². The van der Waals surface area contributed by atoms with Gasteiger partial charge in [-0.15, -0.1) is 0 Å². The first-order valence-corrected chi connectivity index (χ1v) is 12.5. The Morgan fingerprint density at radius 1 is 1.03 bits per heavy atom. The second kappa shape index (κ2) is 12.1. The van der Waals surface area contributed by atoms with Crippen molar-refractivity contribution < 1.29 is 17.9 Å². The SMILES string of the molecule is C=CCOc1ccc(/C=N\NC(=O)CN(Cc2cccc(C)c2)S(=O)(=O)c2ccc(C)cc2)cc1. The second-order valence-electron chi connectivity index (χ2n) is 8.04. The first-order chi connectivity index (χ1) is 16.8. The number of hydrazone groups is 1. The molecular weight excluding hydrogens is 462 g/mol. The van der Waals surface area contributed by atoms with Crippen molar-refractivity contribution in [2.24, 2.45) is 5.10 Å². The van der Waals surface area contributed by atoms with Gasteiger partial charge in [-0.1, -0.05) is 60.2 Å². The minimum absolute atomic E-state index is 0.0567. The number of nitrogens with zero attached hydrogens (tertiary/aromatic N) is 2. The van der Waals surface area contributed by atoms with E-state index in [1.54, 1.807) is 54.6 Å². The molecule has 35 heavy (non-hydrogen) atoms. The molecule has 0 saturated carbocycles. The van der Waals surface area contributed by atoms with E-state index in [1.807, 2.05) is 38.1 Å². The summed E-state index contributed by atoms with van der Waals surface area (Å²) in [4.78, 5) is 12.8. The largest absolute Gasteiger partial charge is 0.490 e. The van der Waals surface area contributed by atoms with Crippen LogP contribution in [0.3, 0.4) is 0 Å². The topological polar surface area (TPSA) is 88.1 Å². The third-order valence-electron chi connectivity index (χ3n) is 5.07. The maximum atomic E-state index is 13.4. The molecule has 0 radical (unpaired) electrons. The van der Waals surface area contributed by atoms with Crippen molar-refractivity contribution in [1.82, 2.24) is 9.73 Å².